The highest BCUT2D eigenvalue weighted by atomic mass is 14.5. The Hall–Kier alpha value is -4.68. The van der Waals surface area contributed by atoms with Gasteiger partial charge in [-0.15, -0.1) is 0 Å². The van der Waals surface area contributed by atoms with E-state index in [0.717, 1.165) is 0 Å². The van der Waals surface area contributed by atoms with Gasteiger partial charge in [-0.05, 0) is 79.8 Å². The Labute approximate surface area is 243 Å². The minimum absolute atomic E-state index is 0.0413. The Morgan fingerprint density at radius 1 is 0.415 bits per heavy atom. The summed E-state index contributed by atoms with van der Waals surface area (Å²) in [4.78, 5) is 0. The van der Waals surface area contributed by atoms with Crippen LogP contribution in [0.3, 0.4) is 0 Å². The predicted molar refractivity (Wildman–Crippen MR) is 171 cm³/mol. The molecule has 0 spiro atoms. The molecule has 0 aromatic heterocycles. The molecule has 0 amide bonds. The summed E-state index contributed by atoms with van der Waals surface area (Å²) >= 11 is 0. The Morgan fingerprint density at radius 3 is 1.68 bits per heavy atom. The van der Waals surface area contributed by atoms with E-state index in [1.807, 2.05) is 0 Å². The molecule has 41 heavy (non-hydrogen) atoms. The zero-order valence-electron chi connectivity index (χ0n) is 23.8. The second kappa shape index (κ2) is 8.66. The van der Waals surface area contributed by atoms with Crippen molar-refractivity contribution in [2.45, 2.75) is 31.6 Å². The van der Waals surface area contributed by atoms with E-state index in [4.69, 9.17) is 0 Å². The average Bonchev–Trinajstić information content (AvgIpc) is 3.44. The zero-order valence-corrected chi connectivity index (χ0v) is 23.8. The Kier molecular flexibility index (Phi) is 5.10. The van der Waals surface area contributed by atoms with Gasteiger partial charge in [0, 0.05) is 5.41 Å². The van der Waals surface area contributed by atoms with Crippen molar-refractivity contribution >= 4 is 0 Å². The van der Waals surface area contributed by atoms with E-state index in [1.165, 1.54) is 72.3 Å². The quantitative estimate of drug-likeness (QED) is 0.216. The lowest BCUT2D eigenvalue weighted by Gasteiger charge is -2.34. The van der Waals surface area contributed by atoms with Crippen molar-refractivity contribution in [3.8, 4) is 33.4 Å². The first-order valence-electron chi connectivity index (χ1n) is 14.6. The van der Waals surface area contributed by atoms with Crippen molar-refractivity contribution in [1.29, 1.82) is 0 Å². The number of hydrogen-bond donors (Lipinski definition) is 0. The van der Waals surface area contributed by atoms with Crippen molar-refractivity contribution in [3.63, 3.8) is 0 Å². The minimum atomic E-state index is -0.381. The molecular formula is C41H32. The number of rotatable bonds is 3. The third-order valence-electron chi connectivity index (χ3n) is 9.62. The van der Waals surface area contributed by atoms with Gasteiger partial charge in [0.1, 0.15) is 0 Å². The monoisotopic (exact) mass is 524 g/mol. The van der Waals surface area contributed by atoms with Crippen LogP contribution >= 0.6 is 0 Å². The summed E-state index contributed by atoms with van der Waals surface area (Å²) in [6.07, 6.45) is 0. The van der Waals surface area contributed by atoms with Crippen LogP contribution in [0.2, 0.25) is 0 Å². The highest BCUT2D eigenvalue weighted by Gasteiger charge is 2.46. The fraction of sp³-hybridized carbons (Fsp3) is 0.122. The summed E-state index contributed by atoms with van der Waals surface area (Å²) in [5.41, 5.74) is 17.0. The van der Waals surface area contributed by atoms with Crippen LogP contribution in [0.25, 0.3) is 33.4 Å². The van der Waals surface area contributed by atoms with Crippen LogP contribution < -0.4 is 0 Å². The van der Waals surface area contributed by atoms with Crippen LogP contribution in [0.4, 0.5) is 0 Å². The van der Waals surface area contributed by atoms with Gasteiger partial charge in [0.15, 0.2) is 0 Å². The summed E-state index contributed by atoms with van der Waals surface area (Å²) in [7, 11) is 0. The number of benzene rings is 6. The smallest absolute Gasteiger partial charge is 0.0622 e. The van der Waals surface area contributed by atoms with Crippen molar-refractivity contribution in [2.75, 3.05) is 0 Å². The van der Waals surface area contributed by atoms with E-state index < -0.39 is 0 Å². The summed E-state index contributed by atoms with van der Waals surface area (Å²) in [5, 5.41) is 0. The molecule has 0 heteroatoms. The highest BCUT2D eigenvalue weighted by Crippen LogP contribution is 2.58. The van der Waals surface area contributed by atoms with E-state index in [9.17, 15) is 0 Å². The number of hydrogen-bond acceptors (Lipinski definition) is 0. The molecule has 0 unspecified atom stereocenters. The molecule has 0 saturated heterocycles. The molecule has 2 aliphatic rings. The molecule has 0 heterocycles. The van der Waals surface area contributed by atoms with Gasteiger partial charge < -0.3 is 0 Å². The fourth-order valence-electron chi connectivity index (χ4n) is 7.75. The van der Waals surface area contributed by atoms with Crippen molar-refractivity contribution in [2.24, 2.45) is 0 Å². The van der Waals surface area contributed by atoms with Gasteiger partial charge in [0.25, 0.3) is 0 Å². The van der Waals surface area contributed by atoms with Crippen LogP contribution in [-0.2, 0) is 10.8 Å². The molecule has 0 N–H and O–H groups in total. The van der Waals surface area contributed by atoms with Crippen LogP contribution in [-0.4, -0.2) is 0 Å². The van der Waals surface area contributed by atoms with E-state index in [0.29, 0.717) is 0 Å². The Balaban J connectivity index is 1.42. The molecule has 0 saturated carbocycles. The van der Waals surface area contributed by atoms with Gasteiger partial charge >= 0.3 is 0 Å². The Bertz CT molecular complexity index is 1920. The van der Waals surface area contributed by atoms with Crippen LogP contribution in [0.5, 0.6) is 0 Å². The van der Waals surface area contributed by atoms with Crippen LogP contribution in [0.15, 0.2) is 140 Å². The van der Waals surface area contributed by atoms with Crippen LogP contribution in [0, 0.1) is 6.92 Å². The lowest BCUT2D eigenvalue weighted by Crippen LogP contribution is -2.28. The van der Waals surface area contributed by atoms with Gasteiger partial charge in [-0.2, -0.15) is 0 Å². The summed E-state index contributed by atoms with van der Waals surface area (Å²) in [5.74, 6) is 0. The third kappa shape index (κ3) is 3.22. The fourth-order valence-corrected chi connectivity index (χ4v) is 7.75. The molecule has 2 aliphatic carbocycles. The van der Waals surface area contributed by atoms with E-state index in [1.54, 1.807) is 0 Å². The molecule has 0 radical (unpaired) electrons. The molecule has 0 atom stereocenters. The number of fused-ring (bicyclic) bond motifs is 6. The maximum atomic E-state index is 2.47. The maximum absolute atomic E-state index is 2.47. The SMILES string of the molecule is Cc1ccc2c(c1)C(C)(C)c1cc(-c3cccc4c3-c3ccccc3C4(c3ccccc3)c3ccccc3)ccc1-2. The van der Waals surface area contributed by atoms with Crippen molar-refractivity contribution < 1.29 is 0 Å². The van der Waals surface area contributed by atoms with Gasteiger partial charge in [0.2, 0.25) is 0 Å². The van der Waals surface area contributed by atoms with E-state index >= 15 is 0 Å². The summed E-state index contributed by atoms with van der Waals surface area (Å²) in [6.45, 7) is 6.95. The summed E-state index contributed by atoms with van der Waals surface area (Å²) in [6, 6.07) is 52.2. The standard InChI is InChI=1S/C41H32/c1-27-21-23-32-33-24-22-28(26-38(33)40(2,3)37(32)25-27)31-18-12-20-36-39(31)34-17-10-11-19-35(34)41(36,29-13-6-4-7-14-29)30-15-8-5-9-16-30/h4-26H,1-3H3. The first kappa shape index (κ1) is 24.1. The third-order valence-corrected chi connectivity index (χ3v) is 9.62. The van der Waals surface area contributed by atoms with E-state index in [2.05, 4.69) is 160 Å². The molecule has 6 aromatic rings. The van der Waals surface area contributed by atoms with Gasteiger partial charge in [-0.1, -0.05) is 153 Å². The lowest BCUT2D eigenvalue weighted by molar-refractivity contribution is 0.660. The van der Waals surface area contributed by atoms with Gasteiger partial charge in [-0.25, -0.2) is 0 Å². The number of aryl methyl sites for hydroxylation is 1. The normalized spacial score (nSPS) is 15.1. The largest absolute Gasteiger partial charge is 0.0713 e. The van der Waals surface area contributed by atoms with Crippen molar-refractivity contribution in [1.82, 2.24) is 0 Å². The summed E-state index contributed by atoms with van der Waals surface area (Å²) < 4.78 is 0. The average molecular weight is 525 g/mol. The van der Waals surface area contributed by atoms with Gasteiger partial charge in [0.05, 0.1) is 5.41 Å². The topological polar surface area (TPSA) is 0 Å². The lowest BCUT2D eigenvalue weighted by atomic mass is 9.67. The van der Waals surface area contributed by atoms with Crippen LogP contribution in [0.1, 0.15) is 52.8 Å². The first-order chi connectivity index (χ1) is 20.0. The minimum Gasteiger partial charge on any atom is -0.0622 e. The Morgan fingerprint density at radius 2 is 0.976 bits per heavy atom. The highest BCUT2D eigenvalue weighted by molar-refractivity contribution is 5.96. The maximum Gasteiger partial charge on any atom is 0.0713 e. The van der Waals surface area contributed by atoms with Gasteiger partial charge in [-0.3, -0.25) is 0 Å². The molecule has 196 valence electrons. The molecule has 8 rings (SSSR count). The molecule has 0 aliphatic heterocycles. The second-order valence-corrected chi connectivity index (χ2v) is 12.2. The molecule has 0 bridgehead atoms. The molecule has 6 aromatic carbocycles. The second-order valence-electron chi connectivity index (χ2n) is 12.2. The first-order valence-corrected chi connectivity index (χ1v) is 14.6. The predicted octanol–water partition coefficient (Wildman–Crippen LogP) is 10.3. The zero-order chi connectivity index (χ0) is 27.8. The van der Waals surface area contributed by atoms with E-state index in [-0.39, 0.29) is 10.8 Å². The molecule has 0 nitrogen and oxygen atoms in total. The molecule has 0 fully saturated rings. The molecular weight excluding hydrogens is 492 g/mol. The van der Waals surface area contributed by atoms with Crippen molar-refractivity contribution in [3.05, 3.63) is 178 Å².